The SMILES string of the molecule is CC1CCC(C(=O)Nc2cc(-c3cccc(NCC4CCOCC4)n3)c(Cl)cn2)CN1. The third-order valence-corrected chi connectivity index (χ3v) is 6.38. The van der Waals surface area contributed by atoms with Crippen molar-refractivity contribution in [3.05, 3.63) is 35.5 Å². The fraction of sp³-hybridized carbons (Fsp3) is 0.522. The second-order valence-electron chi connectivity index (χ2n) is 8.47. The van der Waals surface area contributed by atoms with Gasteiger partial charge in [0.05, 0.1) is 16.6 Å². The Hall–Kier alpha value is -2.22. The van der Waals surface area contributed by atoms with Gasteiger partial charge >= 0.3 is 0 Å². The van der Waals surface area contributed by atoms with Crippen LogP contribution >= 0.6 is 11.6 Å². The Kier molecular flexibility index (Phi) is 7.37. The summed E-state index contributed by atoms with van der Waals surface area (Å²) in [7, 11) is 0. The molecule has 8 heteroatoms. The number of pyridine rings is 2. The third-order valence-electron chi connectivity index (χ3n) is 6.08. The second-order valence-corrected chi connectivity index (χ2v) is 8.87. The van der Waals surface area contributed by atoms with Crippen LogP contribution in [0.2, 0.25) is 5.02 Å². The Morgan fingerprint density at radius 3 is 2.84 bits per heavy atom. The predicted octanol–water partition coefficient (Wildman–Crippen LogP) is 3.96. The van der Waals surface area contributed by atoms with Gasteiger partial charge < -0.3 is 20.7 Å². The molecule has 0 spiro atoms. The minimum Gasteiger partial charge on any atom is -0.381 e. The molecule has 3 N–H and O–H groups in total. The maximum atomic E-state index is 12.6. The Morgan fingerprint density at radius 2 is 2.06 bits per heavy atom. The average Bonchev–Trinajstić information content (AvgIpc) is 2.80. The van der Waals surface area contributed by atoms with Crippen LogP contribution in [0.5, 0.6) is 0 Å². The van der Waals surface area contributed by atoms with Gasteiger partial charge in [0.25, 0.3) is 0 Å². The number of nitrogens with one attached hydrogen (secondary N) is 3. The monoisotopic (exact) mass is 443 g/mol. The number of hydrogen-bond acceptors (Lipinski definition) is 6. The standard InChI is InChI=1S/C23H30ClN5O2/c1-15-5-6-17(13-25-15)23(30)29-22-11-18(19(24)14-27-22)20-3-2-4-21(28-20)26-12-16-7-9-31-10-8-16/h2-4,11,14-17,25H,5-10,12-13H2,1H3,(H,26,28)(H,27,29,30). The first-order chi connectivity index (χ1) is 15.1. The molecular formula is C23H30ClN5O2. The van der Waals surface area contributed by atoms with E-state index < -0.39 is 0 Å². The number of carbonyl (C=O) groups is 1. The van der Waals surface area contributed by atoms with E-state index in [9.17, 15) is 4.79 Å². The van der Waals surface area contributed by atoms with Gasteiger partial charge in [-0.2, -0.15) is 0 Å². The van der Waals surface area contributed by atoms with Crippen molar-refractivity contribution in [3.8, 4) is 11.3 Å². The van der Waals surface area contributed by atoms with Gasteiger partial charge in [-0.05, 0) is 56.7 Å². The zero-order chi connectivity index (χ0) is 21.6. The van der Waals surface area contributed by atoms with Crippen LogP contribution in [0.3, 0.4) is 0 Å². The van der Waals surface area contributed by atoms with Crippen LogP contribution < -0.4 is 16.0 Å². The lowest BCUT2D eigenvalue weighted by atomic mass is 9.95. The van der Waals surface area contributed by atoms with Gasteiger partial charge in [0.15, 0.2) is 0 Å². The van der Waals surface area contributed by atoms with E-state index in [1.807, 2.05) is 18.2 Å². The van der Waals surface area contributed by atoms with E-state index in [2.05, 4.69) is 27.9 Å². The smallest absolute Gasteiger partial charge is 0.229 e. The minimum atomic E-state index is -0.0482. The topological polar surface area (TPSA) is 88.2 Å². The maximum Gasteiger partial charge on any atom is 0.229 e. The fourth-order valence-electron chi connectivity index (χ4n) is 4.04. The molecule has 0 saturated carbocycles. The average molecular weight is 444 g/mol. The predicted molar refractivity (Wildman–Crippen MR) is 123 cm³/mol. The summed E-state index contributed by atoms with van der Waals surface area (Å²) in [6.45, 7) is 5.36. The van der Waals surface area contributed by atoms with E-state index in [1.165, 1.54) is 0 Å². The van der Waals surface area contributed by atoms with Crippen molar-refractivity contribution in [3.63, 3.8) is 0 Å². The first-order valence-electron chi connectivity index (χ1n) is 11.1. The van der Waals surface area contributed by atoms with Crippen LogP contribution in [0.1, 0.15) is 32.6 Å². The van der Waals surface area contributed by atoms with Gasteiger partial charge in [-0.1, -0.05) is 17.7 Å². The van der Waals surface area contributed by atoms with Gasteiger partial charge in [-0.15, -0.1) is 0 Å². The zero-order valence-corrected chi connectivity index (χ0v) is 18.6. The molecule has 4 rings (SSSR count). The van der Waals surface area contributed by atoms with Crippen molar-refractivity contribution in [2.24, 2.45) is 11.8 Å². The van der Waals surface area contributed by atoms with Crippen LogP contribution in [0, 0.1) is 11.8 Å². The number of anilines is 2. The number of carbonyl (C=O) groups excluding carboxylic acids is 1. The van der Waals surface area contributed by atoms with Crippen molar-refractivity contribution in [1.82, 2.24) is 15.3 Å². The molecule has 0 aromatic carbocycles. The molecule has 2 aromatic rings. The third kappa shape index (κ3) is 5.93. The van der Waals surface area contributed by atoms with Crippen LogP contribution in [0.25, 0.3) is 11.3 Å². The van der Waals surface area contributed by atoms with Crippen molar-refractivity contribution in [2.45, 2.75) is 38.6 Å². The fourth-order valence-corrected chi connectivity index (χ4v) is 4.24. The van der Waals surface area contributed by atoms with E-state index in [0.717, 1.165) is 62.5 Å². The summed E-state index contributed by atoms with van der Waals surface area (Å²) >= 11 is 6.42. The summed E-state index contributed by atoms with van der Waals surface area (Å²) < 4.78 is 5.43. The van der Waals surface area contributed by atoms with Gasteiger partial charge in [0, 0.05) is 44.1 Å². The van der Waals surface area contributed by atoms with Gasteiger partial charge in [0.2, 0.25) is 5.91 Å². The van der Waals surface area contributed by atoms with Crippen molar-refractivity contribution in [1.29, 1.82) is 0 Å². The summed E-state index contributed by atoms with van der Waals surface area (Å²) in [5, 5.41) is 10.2. The molecule has 4 heterocycles. The lowest BCUT2D eigenvalue weighted by Gasteiger charge is -2.26. The van der Waals surface area contributed by atoms with Crippen LogP contribution in [0.15, 0.2) is 30.5 Å². The molecule has 2 unspecified atom stereocenters. The highest BCUT2D eigenvalue weighted by molar-refractivity contribution is 6.33. The van der Waals surface area contributed by atoms with E-state index in [0.29, 0.717) is 29.3 Å². The quantitative estimate of drug-likeness (QED) is 0.626. The molecule has 1 amide bonds. The highest BCUT2D eigenvalue weighted by Crippen LogP contribution is 2.29. The van der Waals surface area contributed by atoms with E-state index in [1.54, 1.807) is 12.3 Å². The van der Waals surface area contributed by atoms with Crippen LogP contribution in [-0.4, -0.2) is 48.2 Å². The lowest BCUT2D eigenvalue weighted by molar-refractivity contribution is -0.120. The lowest BCUT2D eigenvalue weighted by Crippen LogP contribution is -2.41. The molecule has 2 aromatic heterocycles. The van der Waals surface area contributed by atoms with E-state index >= 15 is 0 Å². The van der Waals surface area contributed by atoms with Crippen molar-refractivity contribution >= 4 is 29.1 Å². The number of rotatable bonds is 6. The van der Waals surface area contributed by atoms with Crippen molar-refractivity contribution in [2.75, 3.05) is 36.9 Å². The maximum absolute atomic E-state index is 12.6. The molecule has 7 nitrogen and oxygen atoms in total. The van der Waals surface area contributed by atoms with Crippen molar-refractivity contribution < 1.29 is 9.53 Å². The molecular weight excluding hydrogens is 414 g/mol. The number of nitrogens with zero attached hydrogens (tertiary/aromatic N) is 2. The Balaban J connectivity index is 1.43. The van der Waals surface area contributed by atoms with Crippen LogP contribution in [0.4, 0.5) is 11.6 Å². The highest BCUT2D eigenvalue weighted by atomic mass is 35.5. The number of halogens is 1. The molecule has 2 aliphatic rings. The van der Waals surface area contributed by atoms with Gasteiger partial charge in [-0.3, -0.25) is 4.79 Å². The largest absolute Gasteiger partial charge is 0.381 e. The number of amides is 1. The van der Waals surface area contributed by atoms with E-state index in [-0.39, 0.29) is 11.8 Å². The molecule has 2 atom stereocenters. The molecule has 31 heavy (non-hydrogen) atoms. The first-order valence-corrected chi connectivity index (χ1v) is 11.4. The summed E-state index contributed by atoms with van der Waals surface area (Å²) in [6.07, 6.45) is 5.58. The Labute approximate surface area is 188 Å². The van der Waals surface area contributed by atoms with Gasteiger partial charge in [0.1, 0.15) is 11.6 Å². The zero-order valence-electron chi connectivity index (χ0n) is 17.9. The summed E-state index contributed by atoms with van der Waals surface area (Å²) in [5.41, 5.74) is 1.49. The number of piperidine rings is 1. The summed E-state index contributed by atoms with van der Waals surface area (Å²) in [6, 6.07) is 8.08. The van der Waals surface area contributed by atoms with Gasteiger partial charge in [-0.25, -0.2) is 9.97 Å². The number of ether oxygens (including phenoxy) is 1. The highest BCUT2D eigenvalue weighted by Gasteiger charge is 2.24. The second kappa shape index (κ2) is 10.4. The number of aromatic nitrogens is 2. The molecule has 0 aliphatic carbocycles. The summed E-state index contributed by atoms with van der Waals surface area (Å²) in [5.74, 6) is 1.84. The molecule has 2 saturated heterocycles. The normalized spacial score (nSPS) is 22.1. The molecule has 0 radical (unpaired) electrons. The molecule has 2 aliphatic heterocycles. The van der Waals surface area contributed by atoms with Crippen LogP contribution in [-0.2, 0) is 9.53 Å². The Bertz CT molecular complexity index is 895. The molecule has 166 valence electrons. The molecule has 0 bridgehead atoms. The van der Waals surface area contributed by atoms with E-state index in [4.69, 9.17) is 21.3 Å². The molecule has 2 fully saturated rings. The minimum absolute atomic E-state index is 0.0139. The number of hydrogen-bond donors (Lipinski definition) is 3. The summed E-state index contributed by atoms with van der Waals surface area (Å²) in [4.78, 5) is 21.7. The first kappa shape index (κ1) is 22.0. The Morgan fingerprint density at radius 1 is 1.23 bits per heavy atom.